The number of piperazine rings is 1. The first-order valence-electron chi connectivity index (χ1n) is 11.8. The second kappa shape index (κ2) is 10.3. The highest BCUT2D eigenvalue weighted by atomic mass is 19.4. The van der Waals surface area contributed by atoms with Gasteiger partial charge in [-0.25, -0.2) is 9.80 Å². The van der Waals surface area contributed by atoms with E-state index in [9.17, 15) is 22.8 Å². The van der Waals surface area contributed by atoms with Crippen LogP contribution in [-0.2, 0) is 11.0 Å². The van der Waals surface area contributed by atoms with E-state index in [1.54, 1.807) is 18.7 Å². The van der Waals surface area contributed by atoms with Crippen molar-refractivity contribution in [2.24, 2.45) is 5.10 Å². The number of hydrogen-bond donors (Lipinski definition) is 1. The summed E-state index contributed by atoms with van der Waals surface area (Å²) in [5.74, 6) is 0.0428. The van der Waals surface area contributed by atoms with Gasteiger partial charge < -0.3 is 10.2 Å². The van der Waals surface area contributed by atoms with Crippen molar-refractivity contribution in [1.82, 2.24) is 25.1 Å². The van der Waals surface area contributed by atoms with Crippen LogP contribution in [0.3, 0.4) is 0 Å². The van der Waals surface area contributed by atoms with Gasteiger partial charge in [-0.2, -0.15) is 18.3 Å². The van der Waals surface area contributed by atoms with Crippen molar-refractivity contribution in [2.75, 3.05) is 32.7 Å². The average Bonchev–Trinajstić information content (AvgIpc) is 3.30. The molecule has 11 heteroatoms. The Balaban J connectivity index is 1.49. The van der Waals surface area contributed by atoms with Gasteiger partial charge in [0.1, 0.15) is 5.69 Å². The van der Waals surface area contributed by atoms with Crippen molar-refractivity contribution in [3.8, 4) is 0 Å². The molecule has 0 bridgehead atoms. The van der Waals surface area contributed by atoms with Crippen molar-refractivity contribution in [3.63, 3.8) is 0 Å². The molecule has 0 radical (unpaired) electrons. The molecular formula is C25H29F3N6O2. The molecule has 8 nitrogen and oxygen atoms in total. The first kappa shape index (κ1) is 25.6. The number of aryl methyl sites for hydroxylation is 1. The number of alkyl halides is 3. The number of nitrogens with zero attached hydrogens (tertiary/aromatic N) is 5. The summed E-state index contributed by atoms with van der Waals surface area (Å²) in [4.78, 5) is 32.3. The van der Waals surface area contributed by atoms with Crippen molar-refractivity contribution in [1.29, 1.82) is 0 Å². The van der Waals surface area contributed by atoms with Crippen LogP contribution in [0.15, 0.2) is 47.7 Å². The number of amides is 3. The Hall–Kier alpha value is -3.47. The molecule has 2 aliphatic heterocycles. The number of hydrogen-bond acceptors (Lipinski definition) is 5. The first-order valence-corrected chi connectivity index (χ1v) is 11.8. The van der Waals surface area contributed by atoms with E-state index >= 15 is 0 Å². The molecular weight excluding hydrogens is 473 g/mol. The first-order chi connectivity index (χ1) is 17.0. The normalized spacial score (nSPS) is 19.7. The van der Waals surface area contributed by atoms with Gasteiger partial charge >= 0.3 is 12.2 Å². The highest BCUT2D eigenvalue weighted by Gasteiger charge is 2.37. The summed E-state index contributed by atoms with van der Waals surface area (Å²) in [7, 11) is 0. The van der Waals surface area contributed by atoms with E-state index in [2.05, 4.69) is 20.3 Å². The number of halogens is 3. The summed E-state index contributed by atoms with van der Waals surface area (Å²) < 4.78 is 38.4. The third-order valence-corrected chi connectivity index (χ3v) is 6.59. The van der Waals surface area contributed by atoms with Crippen LogP contribution in [0.2, 0.25) is 0 Å². The molecule has 1 unspecified atom stereocenters. The monoisotopic (exact) mass is 502 g/mol. The fraction of sp³-hybridized carbons (Fsp3) is 0.440. The average molecular weight is 503 g/mol. The van der Waals surface area contributed by atoms with Crippen LogP contribution in [0.4, 0.5) is 18.0 Å². The Morgan fingerprint density at radius 2 is 1.72 bits per heavy atom. The van der Waals surface area contributed by atoms with Gasteiger partial charge in [0.2, 0.25) is 5.91 Å². The van der Waals surface area contributed by atoms with Gasteiger partial charge in [0, 0.05) is 39.3 Å². The molecule has 1 aromatic carbocycles. The maximum absolute atomic E-state index is 13.1. The molecule has 192 valence electrons. The van der Waals surface area contributed by atoms with Crippen molar-refractivity contribution in [3.05, 3.63) is 65.0 Å². The largest absolute Gasteiger partial charge is 0.433 e. The topological polar surface area (TPSA) is 81.1 Å². The van der Waals surface area contributed by atoms with E-state index in [-0.39, 0.29) is 11.9 Å². The fourth-order valence-corrected chi connectivity index (χ4v) is 4.40. The summed E-state index contributed by atoms with van der Waals surface area (Å²) in [6, 6.07) is 8.99. The van der Waals surface area contributed by atoms with E-state index in [4.69, 9.17) is 0 Å². The Morgan fingerprint density at radius 1 is 1.06 bits per heavy atom. The smallest absolute Gasteiger partial charge is 0.340 e. The summed E-state index contributed by atoms with van der Waals surface area (Å²) in [5, 5.41) is 8.82. The minimum Gasteiger partial charge on any atom is -0.340 e. The van der Waals surface area contributed by atoms with E-state index in [1.807, 2.05) is 31.2 Å². The highest BCUT2D eigenvalue weighted by Crippen LogP contribution is 2.28. The second-order valence-corrected chi connectivity index (χ2v) is 9.14. The molecule has 2 aromatic rings. The molecule has 4 rings (SSSR count). The summed E-state index contributed by atoms with van der Waals surface area (Å²) in [6.45, 7) is 8.11. The molecule has 2 atom stereocenters. The Morgan fingerprint density at radius 3 is 2.28 bits per heavy atom. The van der Waals surface area contributed by atoms with Crippen LogP contribution in [0, 0.1) is 6.92 Å². The third kappa shape index (κ3) is 5.67. The number of benzene rings is 1. The molecule has 1 N–H and O–H groups in total. The number of carbonyl (C=O) groups is 2. The van der Waals surface area contributed by atoms with E-state index < -0.39 is 23.9 Å². The maximum Gasteiger partial charge on any atom is 0.433 e. The fourth-order valence-electron chi connectivity index (χ4n) is 4.40. The van der Waals surface area contributed by atoms with E-state index in [1.165, 1.54) is 11.1 Å². The molecule has 1 saturated heterocycles. The van der Waals surface area contributed by atoms with Gasteiger partial charge in [-0.1, -0.05) is 35.9 Å². The van der Waals surface area contributed by atoms with Crippen LogP contribution in [-0.4, -0.2) is 76.2 Å². The minimum atomic E-state index is -4.52. The lowest BCUT2D eigenvalue weighted by Crippen LogP contribution is -2.54. The van der Waals surface area contributed by atoms with Crippen LogP contribution in [0.25, 0.3) is 0 Å². The summed E-state index contributed by atoms with van der Waals surface area (Å²) >= 11 is 0. The number of nitrogens with one attached hydrogen (secondary N) is 1. The van der Waals surface area contributed by atoms with Crippen LogP contribution in [0.1, 0.15) is 42.3 Å². The minimum absolute atomic E-state index is 0.0428. The number of urea groups is 1. The summed E-state index contributed by atoms with van der Waals surface area (Å²) in [5.41, 5.74) is 2.26. The zero-order valence-corrected chi connectivity index (χ0v) is 20.4. The highest BCUT2D eigenvalue weighted by molar-refractivity contribution is 6.06. The van der Waals surface area contributed by atoms with E-state index in [0.29, 0.717) is 38.3 Å². The molecule has 0 aliphatic carbocycles. The van der Waals surface area contributed by atoms with Crippen LogP contribution in [0.5, 0.6) is 0 Å². The van der Waals surface area contributed by atoms with Gasteiger partial charge in [-0.15, -0.1) is 0 Å². The second-order valence-electron chi connectivity index (χ2n) is 9.14. The lowest BCUT2D eigenvalue weighted by molar-refractivity contribution is -0.141. The van der Waals surface area contributed by atoms with Crippen molar-refractivity contribution >= 4 is 17.6 Å². The molecule has 1 fully saturated rings. The van der Waals surface area contributed by atoms with E-state index in [0.717, 1.165) is 29.1 Å². The zero-order chi connectivity index (χ0) is 26.0. The zero-order valence-electron chi connectivity index (χ0n) is 20.4. The molecule has 1 aromatic heterocycles. The van der Waals surface area contributed by atoms with Crippen LogP contribution >= 0.6 is 0 Å². The van der Waals surface area contributed by atoms with Gasteiger partial charge in [0.15, 0.2) is 0 Å². The Labute approximate surface area is 207 Å². The van der Waals surface area contributed by atoms with Gasteiger partial charge in [0.05, 0.1) is 24.3 Å². The molecule has 3 heterocycles. The predicted octanol–water partition coefficient (Wildman–Crippen LogP) is 3.43. The number of carbonyl (C=O) groups excluding carboxylic acids is 2. The predicted molar refractivity (Wildman–Crippen MR) is 128 cm³/mol. The number of hydrazone groups is 1. The SMILES string of the molecule is CC(=O)N1CCN([C@@H]2CN(C(=O)NC(C)c3ccc(C(F)(F)F)nc3)N=C2c2ccc(C)cc2)CC1. The molecule has 0 saturated carbocycles. The summed E-state index contributed by atoms with van der Waals surface area (Å²) in [6.07, 6.45) is -3.40. The molecule has 0 spiro atoms. The molecule has 36 heavy (non-hydrogen) atoms. The van der Waals surface area contributed by atoms with Crippen molar-refractivity contribution in [2.45, 2.75) is 39.0 Å². The quantitative estimate of drug-likeness (QED) is 0.695. The Kier molecular flexibility index (Phi) is 7.30. The lowest BCUT2D eigenvalue weighted by atomic mass is 10.0. The number of rotatable bonds is 4. The van der Waals surface area contributed by atoms with Gasteiger partial charge in [-0.3, -0.25) is 14.7 Å². The maximum atomic E-state index is 13.1. The third-order valence-electron chi connectivity index (χ3n) is 6.59. The van der Waals surface area contributed by atoms with Crippen molar-refractivity contribution < 1.29 is 22.8 Å². The molecule has 3 amide bonds. The van der Waals surface area contributed by atoms with Gasteiger partial charge in [-0.05, 0) is 31.0 Å². The number of pyridine rings is 1. The van der Waals surface area contributed by atoms with Crippen LogP contribution < -0.4 is 5.32 Å². The lowest BCUT2D eigenvalue weighted by Gasteiger charge is -2.37. The standard InChI is InChI=1S/C25H29F3N6O2/c1-16-4-6-19(7-5-16)23-21(33-12-10-32(11-13-33)18(3)35)15-34(31-23)24(36)30-17(2)20-8-9-22(29-14-20)25(26,27)28/h4-9,14,17,21H,10-13,15H2,1-3H3,(H,30,36)/t17?,21-/m1/s1. The Bertz CT molecular complexity index is 1130. The molecule has 2 aliphatic rings. The number of aromatic nitrogens is 1. The van der Waals surface area contributed by atoms with Gasteiger partial charge in [0.25, 0.3) is 0 Å².